The van der Waals surface area contributed by atoms with E-state index in [1.807, 2.05) is 60.9 Å². The molecule has 3 aromatic carbocycles. The van der Waals surface area contributed by atoms with Gasteiger partial charge in [-0.15, -0.1) is 0 Å². The van der Waals surface area contributed by atoms with Crippen LogP contribution in [0.15, 0.2) is 91.3 Å². The standard InChI is InChI=1S/C23H21N3O2S/c27-29(28,17-18-7-2-1-3-8-18)26-22-11-6-10-21(13-22)25-16-20-15-24-14-19-9-4-5-12-23(19)20/h1-15,25-26H,16-17H2. The molecule has 0 aliphatic heterocycles. The molecule has 0 spiro atoms. The normalized spacial score (nSPS) is 11.3. The van der Waals surface area contributed by atoms with Crippen LogP contribution in [-0.2, 0) is 22.3 Å². The van der Waals surface area contributed by atoms with Gasteiger partial charge in [-0.3, -0.25) is 9.71 Å². The van der Waals surface area contributed by atoms with Gasteiger partial charge in [-0.2, -0.15) is 0 Å². The zero-order valence-electron chi connectivity index (χ0n) is 15.7. The summed E-state index contributed by atoms with van der Waals surface area (Å²) in [6.07, 6.45) is 3.70. The summed E-state index contributed by atoms with van der Waals surface area (Å²) in [5.41, 5.74) is 3.19. The fraction of sp³-hybridized carbons (Fsp3) is 0.0870. The number of anilines is 2. The van der Waals surface area contributed by atoms with E-state index in [2.05, 4.69) is 21.1 Å². The molecule has 6 heteroatoms. The molecule has 146 valence electrons. The quantitative estimate of drug-likeness (QED) is 0.465. The third-order valence-corrected chi connectivity index (χ3v) is 5.83. The van der Waals surface area contributed by atoms with Crippen LogP contribution in [-0.4, -0.2) is 13.4 Å². The second kappa shape index (κ2) is 8.32. The molecule has 0 aliphatic carbocycles. The molecule has 0 bridgehead atoms. The van der Waals surface area contributed by atoms with Crippen molar-refractivity contribution in [2.75, 3.05) is 10.0 Å². The summed E-state index contributed by atoms with van der Waals surface area (Å²) in [5.74, 6) is -0.0623. The number of aromatic nitrogens is 1. The number of benzene rings is 3. The largest absolute Gasteiger partial charge is 0.381 e. The van der Waals surface area contributed by atoms with E-state index < -0.39 is 10.0 Å². The van der Waals surface area contributed by atoms with Crippen LogP contribution in [0.4, 0.5) is 11.4 Å². The third-order valence-electron chi connectivity index (χ3n) is 4.57. The van der Waals surface area contributed by atoms with E-state index in [1.54, 1.807) is 24.3 Å². The summed E-state index contributed by atoms with van der Waals surface area (Å²) in [6.45, 7) is 0.592. The number of nitrogens with zero attached hydrogens (tertiary/aromatic N) is 1. The van der Waals surface area contributed by atoms with Crippen molar-refractivity contribution in [3.8, 4) is 0 Å². The van der Waals surface area contributed by atoms with Crippen LogP contribution in [0.2, 0.25) is 0 Å². The highest BCUT2D eigenvalue weighted by Gasteiger charge is 2.12. The smallest absolute Gasteiger partial charge is 0.236 e. The Morgan fingerprint density at radius 1 is 0.793 bits per heavy atom. The van der Waals surface area contributed by atoms with Gasteiger partial charge in [-0.25, -0.2) is 8.42 Å². The van der Waals surface area contributed by atoms with Gasteiger partial charge in [-0.05, 0) is 34.7 Å². The highest BCUT2D eigenvalue weighted by Crippen LogP contribution is 2.21. The van der Waals surface area contributed by atoms with Crippen molar-refractivity contribution in [1.29, 1.82) is 0 Å². The van der Waals surface area contributed by atoms with Crippen molar-refractivity contribution in [2.24, 2.45) is 0 Å². The first-order valence-electron chi connectivity index (χ1n) is 9.29. The lowest BCUT2D eigenvalue weighted by Gasteiger charge is -2.12. The van der Waals surface area contributed by atoms with E-state index in [4.69, 9.17) is 0 Å². The topological polar surface area (TPSA) is 71.1 Å². The maximum absolute atomic E-state index is 12.5. The second-order valence-electron chi connectivity index (χ2n) is 6.80. The van der Waals surface area contributed by atoms with Gasteiger partial charge in [0.25, 0.3) is 0 Å². The monoisotopic (exact) mass is 403 g/mol. The number of hydrogen-bond acceptors (Lipinski definition) is 4. The molecule has 0 saturated carbocycles. The Hall–Kier alpha value is -3.38. The minimum atomic E-state index is -3.49. The highest BCUT2D eigenvalue weighted by atomic mass is 32.2. The lowest BCUT2D eigenvalue weighted by molar-refractivity contribution is 0.600. The highest BCUT2D eigenvalue weighted by molar-refractivity contribution is 7.91. The first-order chi connectivity index (χ1) is 14.1. The summed E-state index contributed by atoms with van der Waals surface area (Å²) in [6, 6.07) is 24.5. The van der Waals surface area contributed by atoms with E-state index in [0.29, 0.717) is 12.2 Å². The molecule has 0 unspecified atom stereocenters. The molecule has 1 heterocycles. The first kappa shape index (κ1) is 19.0. The maximum Gasteiger partial charge on any atom is 0.236 e. The fourth-order valence-corrected chi connectivity index (χ4v) is 4.41. The zero-order chi connectivity index (χ0) is 20.1. The SMILES string of the molecule is O=S(=O)(Cc1ccccc1)Nc1cccc(NCc2cncc3ccccc23)c1. The second-order valence-corrected chi connectivity index (χ2v) is 8.52. The summed E-state index contributed by atoms with van der Waals surface area (Å²) < 4.78 is 27.6. The van der Waals surface area contributed by atoms with E-state index in [-0.39, 0.29) is 5.75 Å². The molecule has 2 N–H and O–H groups in total. The summed E-state index contributed by atoms with van der Waals surface area (Å²) in [5, 5.41) is 5.59. The van der Waals surface area contributed by atoms with Crippen LogP contribution < -0.4 is 10.0 Å². The summed E-state index contributed by atoms with van der Waals surface area (Å²) in [4.78, 5) is 4.30. The van der Waals surface area contributed by atoms with Gasteiger partial charge in [0.05, 0.1) is 11.4 Å². The minimum Gasteiger partial charge on any atom is -0.381 e. The average Bonchev–Trinajstić information content (AvgIpc) is 2.72. The molecule has 4 rings (SSSR count). The van der Waals surface area contributed by atoms with Gasteiger partial charge in [0.15, 0.2) is 0 Å². The van der Waals surface area contributed by atoms with Crippen LogP contribution in [0, 0.1) is 0 Å². The van der Waals surface area contributed by atoms with Gasteiger partial charge in [0.1, 0.15) is 0 Å². The number of nitrogens with one attached hydrogen (secondary N) is 2. The number of sulfonamides is 1. The van der Waals surface area contributed by atoms with Crippen molar-refractivity contribution in [2.45, 2.75) is 12.3 Å². The molecule has 0 amide bonds. The minimum absolute atomic E-state index is 0.0623. The molecule has 0 saturated heterocycles. The van der Waals surface area contributed by atoms with Crippen LogP contribution >= 0.6 is 0 Å². The predicted octanol–water partition coefficient (Wildman–Crippen LogP) is 4.79. The number of fused-ring (bicyclic) bond motifs is 1. The molecular formula is C23H21N3O2S. The Kier molecular flexibility index (Phi) is 5.44. The Balaban J connectivity index is 1.46. The molecule has 0 aliphatic rings. The number of rotatable bonds is 7. The Bertz CT molecular complexity index is 1220. The van der Waals surface area contributed by atoms with Crippen molar-refractivity contribution in [3.05, 3.63) is 102 Å². The van der Waals surface area contributed by atoms with Gasteiger partial charge >= 0.3 is 0 Å². The predicted molar refractivity (Wildman–Crippen MR) is 118 cm³/mol. The average molecular weight is 404 g/mol. The van der Waals surface area contributed by atoms with Crippen LogP contribution in [0.3, 0.4) is 0 Å². The number of hydrogen-bond donors (Lipinski definition) is 2. The summed E-state index contributed by atoms with van der Waals surface area (Å²) >= 11 is 0. The summed E-state index contributed by atoms with van der Waals surface area (Å²) in [7, 11) is -3.49. The van der Waals surface area contributed by atoms with Gasteiger partial charge in [0.2, 0.25) is 10.0 Å². The van der Waals surface area contributed by atoms with Crippen LogP contribution in [0.25, 0.3) is 10.8 Å². The molecule has 0 radical (unpaired) electrons. The molecule has 5 nitrogen and oxygen atoms in total. The maximum atomic E-state index is 12.5. The van der Waals surface area contributed by atoms with E-state index >= 15 is 0 Å². The van der Waals surface area contributed by atoms with E-state index in [0.717, 1.165) is 27.6 Å². The molecule has 0 atom stereocenters. The Morgan fingerprint density at radius 3 is 2.41 bits per heavy atom. The van der Waals surface area contributed by atoms with Crippen molar-refractivity contribution < 1.29 is 8.42 Å². The van der Waals surface area contributed by atoms with Crippen molar-refractivity contribution >= 4 is 32.2 Å². The fourth-order valence-electron chi connectivity index (χ4n) is 3.22. The van der Waals surface area contributed by atoms with Crippen LogP contribution in [0.1, 0.15) is 11.1 Å². The van der Waals surface area contributed by atoms with E-state index in [1.165, 1.54) is 0 Å². The number of pyridine rings is 1. The van der Waals surface area contributed by atoms with E-state index in [9.17, 15) is 8.42 Å². The molecule has 4 aromatic rings. The lowest BCUT2D eigenvalue weighted by atomic mass is 10.1. The van der Waals surface area contributed by atoms with Gasteiger partial charge in [0, 0.05) is 30.0 Å². The Labute approximate surface area is 170 Å². The van der Waals surface area contributed by atoms with Crippen LogP contribution in [0.5, 0.6) is 0 Å². The molecule has 0 fully saturated rings. The van der Waals surface area contributed by atoms with Gasteiger partial charge in [-0.1, -0.05) is 60.7 Å². The third kappa shape index (κ3) is 4.92. The molecule has 1 aromatic heterocycles. The molecular weight excluding hydrogens is 382 g/mol. The van der Waals surface area contributed by atoms with Crippen molar-refractivity contribution in [1.82, 2.24) is 4.98 Å². The zero-order valence-corrected chi connectivity index (χ0v) is 16.6. The van der Waals surface area contributed by atoms with Gasteiger partial charge < -0.3 is 5.32 Å². The Morgan fingerprint density at radius 2 is 1.55 bits per heavy atom. The molecule has 29 heavy (non-hydrogen) atoms. The first-order valence-corrected chi connectivity index (χ1v) is 10.9. The lowest BCUT2D eigenvalue weighted by Crippen LogP contribution is -2.15. The van der Waals surface area contributed by atoms with Crippen molar-refractivity contribution in [3.63, 3.8) is 0 Å².